The zero-order valence-corrected chi connectivity index (χ0v) is 12.2. The summed E-state index contributed by atoms with van der Waals surface area (Å²) in [5, 5.41) is 0. The lowest BCUT2D eigenvalue weighted by Crippen LogP contribution is -2.28. The quantitative estimate of drug-likeness (QED) is 0.539. The van der Waals surface area contributed by atoms with Crippen molar-refractivity contribution in [2.45, 2.75) is 26.7 Å². The monoisotopic (exact) mass is 260 g/mol. The van der Waals surface area contributed by atoms with Gasteiger partial charge in [-0.1, -0.05) is 36.1 Å². The van der Waals surface area contributed by atoms with Crippen molar-refractivity contribution in [3.63, 3.8) is 0 Å². The van der Waals surface area contributed by atoms with Crippen LogP contribution in [0, 0.1) is 11.8 Å². The van der Waals surface area contributed by atoms with Gasteiger partial charge in [0.2, 0.25) is 5.91 Å². The van der Waals surface area contributed by atoms with E-state index >= 15 is 0 Å². The fourth-order valence-corrected chi connectivity index (χ4v) is 2.12. The highest BCUT2D eigenvalue weighted by atomic mass is 16.2. The largest absolute Gasteiger partial charge is 0.332 e. The number of hydrogen-bond donors (Lipinski definition) is 0. The van der Waals surface area contributed by atoms with Crippen LogP contribution in [0.5, 0.6) is 0 Å². The molecule has 1 aliphatic rings. The molecule has 0 spiro atoms. The first-order chi connectivity index (χ1) is 8.99. The van der Waals surface area contributed by atoms with E-state index in [1.54, 1.807) is 0 Å². The number of carbonyl (C=O) groups is 1. The van der Waals surface area contributed by atoms with Crippen molar-refractivity contribution < 1.29 is 4.79 Å². The molecule has 0 saturated carbocycles. The summed E-state index contributed by atoms with van der Waals surface area (Å²) in [5.74, 6) is 6.46. The highest BCUT2D eigenvalue weighted by Crippen LogP contribution is 2.07. The maximum absolute atomic E-state index is 11.4. The van der Waals surface area contributed by atoms with Crippen LogP contribution in [0.25, 0.3) is 0 Å². The van der Waals surface area contributed by atoms with Gasteiger partial charge in [-0.15, -0.1) is 0 Å². The van der Waals surface area contributed by atoms with Crippen molar-refractivity contribution in [2.24, 2.45) is 0 Å². The van der Waals surface area contributed by atoms with Gasteiger partial charge in [0.25, 0.3) is 0 Å². The van der Waals surface area contributed by atoms with Crippen molar-refractivity contribution in [1.82, 2.24) is 9.80 Å². The first-order valence-electron chi connectivity index (χ1n) is 6.73. The molecular formula is C16H24N2O. The Labute approximate surface area is 117 Å². The van der Waals surface area contributed by atoms with E-state index in [0.29, 0.717) is 19.5 Å². The summed E-state index contributed by atoms with van der Waals surface area (Å²) in [7, 11) is 0. The van der Waals surface area contributed by atoms with Gasteiger partial charge in [-0.05, 0) is 20.3 Å². The Morgan fingerprint density at radius 1 is 1.26 bits per heavy atom. The third-order valence-electron chi connectivity index (χ3n) is 2.86. The number of hydrogen-bond acceptors (Lipinski definition) is 2. The Morgan fingerprint density at radius 2 is 1.89 bits per heavy atom. The summed E-state index contributed by atoms with van der Waals surface area (Å²) in [5.41, 5.74) is 2.25. The highest BCUT2D eigenvalue weighted by molar-refractivity contribution is 5.78. The third kappa shape index (κ3) is 6.26. The molecule has 0 aromatic carbocycles. The van der Waals surface area contributed by atoms with Gasteiger partial charge in [0, 0.05) is 26.1 Å². The van der Waals surface area contributed by atoms with Crippen LogP contribution in [-0.2, 0) is 4.79 Å². The summed E-state index contributed by atoms with van der Waals surface area (Å²) < 4.78 is 0. The molecule has 3 nitrogen and oxygen atoms in total. The zero-order chi connectivity index (χ0) is 14.3. The van der Waals surface area contributed by atoms with Crippen LogP contribution in [0.15, 0.2) is 24.3 Å². The second-order valence-corrected chi connectivity index (χ2v) is 5.33. The average Bonchev–Trinajstić information content (AvgIpc) is 2.68. The van der Waals surface area contributed by atoms with Crippen LogP contribution in [0.1, 0.15) is 26.7 Å². The number of nitrogens with zero attached hydrogens (tertiary/aromatic N) is 2. The molecule has 104 valence electrons. The predicted octanol–water partition coefficient (Wildman–Crippen LogP) is 2.07. The molecule has 0 radical (unpaired) electrons. The molecule has 0 atom stereocenters. The number of likely N-dealkylation sites (tertiary alicyclic amines) is 1. The van der Waals surface area contributed by atoms with E-state index in [1.165, 1.54) is 0 Å². The Hall–Kier alpha value is -1.53. The Kier molecular flexibility index (Phi) is 6.38. The van der Waals surface area contributed by atoms with Gasteiger partial charge < -0.3 is 4.90 Å². The minimum Gasteiger partial charge on any atom is -0.332 e. The van der Waals surface area contributed by atoms with Gasteiger partial charge in [-0.25, -0.2) is 0 Å². The average molecular weight is 260 g/mol. The van der Waals surface area contributed by atoms with Crippen molar-refractivity contribution in [3.8, 4) is 11.8 Å². The molecule has 0 unspecified atom stereocenters. The molecule has 1 saturated heterocycles. The van der Waals surface area contributed by atoms with Crippen molar-refractivity contribution in [1.29, 1.82) is 0 Å². The summed E-state index contributed by atoms with van der Waals surface area (Å²) in [6.45, 7) is 15.7. The first-order valence-corrected chi connectivity index (χ1v) is 6.73. The Bertz CT molecular complexity index is 398. The third-order valence-corrected chi connectivity index (χ3v) is 2.86. The standard InChI is InChI=1S/C16H24N2O/c1-14(2)12-17(13-15(3)4)9-5-6-10-18-11-7-8-16(18)19/h1,3,7-13H2,2,4H3. The van der Waals surface area contributed by atoms with E-state index in [0.717, 1.165) is 37.2 Å². The molecule has 19 heavy (non-hydrogen) atoms. The van der Waals surface area contributed by atoms with E-state index < -0.39 is 0 Å². The Balaban J connectivity index is 2.40. The second kappa shape index (κ2) is 7.81. The molecule has 1 rings (SSSR count). The van der Waals surface area contributed by atoms with Gasteiger partial charge in [0.15, 0.2) is 0 Å². The van der Waals surface area contributed by atoms with Crippen molar-refractivity contribution in [3.05, 3.63) is 24.3 Å². The smallest absolute Gasteiger partial charge is 0.223 e. The minimum atomic E-state index is 0.232. The number of amides is 1. The van der Waals surface area contributed by atoms with Gasteiger partial charge in [-0.2, -0.15) is 0 Å². The molecule has 0 aromatic rings. The van der Waals surface area contributed by atoms with E-state index in [9.17, 15) is 4.79 Å². The van der Waals surface area contributed by atoms with E-state index in [-0.39, 0.29) is 5.91 Å². The summed E-state index contributed by atoms with van der Waals surface area (Å²) in [6.07, 6.45) is 1.65. The zero-order valence-electron chi connectivity index (χ0n) is 12.2. The SMILES string of the molecule is C=C(C)CN(CC#CCN1CCCC1=O)CC(=C)C. The molecule has 1 aliphatic heterocycles. The highest BCUT2D eigenvalue weighted by Gasteiger charge is 2.18. The van der Waals surface area contributed by atoms with E-state index in [1.807, 2.05) is 18.7 Å². The molecule has 1 amide bonds. The minimum absolute atomic E-state index is 0.232. The lowest BCUT2D eigenvalue weighted by molar-refractivity contribution is -0.127. The summed E-state index contributed by atoms with van der Waals surface area (Å²) in [6, 6.07) is 0. The van der Waals surface area contributed by atoms with Crippen LogP contribution >= 0.6 is 0 Å². The normalized spacial score (nSPS) is 14.5. The molecule has 0 bridgehead atoms. The molecule has 1 heterocycles. The fraction of sp³-hybridized carbons (Fsp3) is 0.562. The fourth-order valence-electron chi connectivity index (χ4n) is 2.12. The summed E-state index contributed by atoms with van der Waals surface area (Å²) in [4.78, 5) is 15.5. The lowest BCUT2D eigenvalue weighted by Gasteiger charge is -2.19. The molecule has 0 N–H and O–H groups in total. The number of rotatable bonds is 6. The lowest BCUT2D eigenvalue weighted by atomic mass is 10.2. The van der Waals surface area contributed by atoms with Crippen molar-refractivity contribution in [2.75, 3.05) is 32.7 Å². The Morgan fingerprint density at radius 3 is 2.37 bits per heavy atom. The van der Waals surface area contributed by atoms with Gasteiger partial charge in [0.1, 0.15) is 0 Å². The molecule has 0 aromatic heterocycles. The van der Waals surface area contributed by atoms with Crippen LogP contribution in [0.4, 0.5) is 0 Å². The molecule has 0 aliphatic carbocycles. The molecule has 1 fully saturated rings. The van der Waals surface area contributed by atoms with Gasteiger partial charge in [0.05, 0.1) is 13.1 Å². The van der Waals surface area contributed by atoms with Crippen LogP contribution in [-0.4, -0.2) is 48.4 Å². The molecular weight excluding hydrogens is 236 g/mol. The van der Waals surface area contributed by atoms with E-state index in [4.69, 9.17) is 0 Å². The first kappa shape index (κ1) is 15.5. The topological polar surface area (TPSA) is 23.6 Å². The van der Waals surface area contributed by atoms with Crippen LogP contribution < -0.4 is 0 Å². The molecule has 3 heteroatoms. The summed E-state index contributed by atoms with van der Waals surface area (Å²) >= 11 is 0. The van der Waals surface area contributed by atoms with Crippen molar-refractivity contribution >= 4 is 5.91 Å². The van der Waals surface area contributed by atoms with E-state index in [2.05, 4.69) is 29.9 Å². The maximum Gasteiger partial charge on any atom is 0.223 e. The maximum atomic E-state index is 11.4. The van der Waals surface area contributed by atoms with Gasteiger partial charge >= 0.3 is 0 Å². The van der Waals surface area contributed by atoms with Gasteiger partial charge in [-0.3, -0.25) is 9.69 Å². The second-order valence-electron chi connectivity index (χ2n) is 5.33. The van der Waals surface area contributed by atoms with Crippen LogP contribution in [0.2, 0.25) is 0 Å². The van der Waals surface area contributed by atoms with Crippen LogP contribution in [0.3, 0.4) is 0 Å². The number of carbonyl (C=O) groups excluding carboxylic acids is 1. The predicted molar refractivity (Wildman–Crippen MR) is 79.7 cm³/mol.